The van der Waals surface area contributed by atoms with Crippen molar-refractivity contribution in [3.8, 4) is 11.5 Å². The molecule has 0 aliphatic heterocycles. The van der Waals surface area contributed by atoms with Crippen LogP contribution in [0.4, 0.5) is 0 Å². The van der Waals surface area contributed by atoms with Crippen molar-refractivity contribution in [3.63, 3.8) is 0 Å². The number of hydrogen-bond donors (Lipinski definition) is 1. The van der Waals surface area contributed by atoms with Gasteiger partial charge in [-0.25, -0.2) is 4.98 Å². The van der Waals surface area contributed by atoms with Crippen LogP contribution in [0.5, 0.6) is 11.5 Å². The quantitative estimate of drug-likeness (QED) is 0.791. The fourth-order valence-corrected chi connectivity index (χ4v) is 3.08. The second-order valence-electron chi connectivity index (χ2n) is 4.58. The van der Waals surface area contributed by atoms with E-state index in [0.29, 0.717) is 23.1 Å². The summed E-state index contributed by atoms with van der Waals surface area (Å²) < 4.78 is 10.5. The molecule has 0 aliphatic carbocycles. The van der Waals surface area contributed by atoms with E-state index in [0.717, 1.165) is 29.2 Å². The summed E-state index contributed by atoms with van der Waals surface area (Å²) in [5, 5.41) is 7.19. The lowest BCUT2D eigenvalue weighted by atomic mass is 10.2. The van der Waals surface area contributed by atoms with E-state index in [-0.39, 0.29) is 0 Å². The summed E-state index contributed by atoms with van der Waals surface area (Å²) >= 11 is 8.03. The minimum absolute atomic E-state index is 0.578. The van der Waals surface area contributed by atoms with Gasteiger partial charge in [-0.15, -0.1) is 11.3 Å². The van der Waals surface area contributed by atoms with Crippen molar-refractivity contribution in [2.75, 3.05) is 20.8 Å². The molecule has 0 saturated carbocycles. The second-order valence-corrected chi connectivity index (χ2v) is 5.90. The first-order valence-corrected chi connectivity index (χ1v) is 7.92. The standard InChI is InChI=1S/C15H19ClN2O2S/c1-10-9-21-13(18-10)6-7-17-8-11-4-5-12(19-2)15(20-3)14(11)16/h4-5,9,17H,6-8H2,1-3H3. The van der Waals surface area contributed by atoms with E-state index >= 15 is 0 Å². The number of thiazole rings is 1. The average Bonchev–Trinajstić information content (AvgIpc) is 2.90. The average molecular weight is 327 g/mol. The fourth-order valence-electron chi connectivity index (χ4n) is 2.00. The molecular formula is C15H19ClN2O2S. The van der Waals surface area contributed by atoms with Crippen molar-refractivity contribution in [2.45, 2.75) is 19.9 Å². The number of rotatable bonds is 7. The van der Waals surface area contributed by atoms with Gasteiger partial charge < -0.3 is 14.8 Å². The number of benzene rings is 1. The highest BCUT2D eigenvalue weighted by molar-refractivity contribution is 7.09. The van der Waals surface area contributed by atoms with Crippen LogP contribution in [0.25, 0.3) is 0 Å². The van der Waals surface area contributed by atoms with Crippen LogP contribution in [0.3, 0.4) is 0 Å². The third-order valence-corrected chi connectivity index (χ3v) is 4.50. The molecule has 4 nitrogen and oxygen atoms in total. The van der Waals surface area contributed by atoms with E-state index < -0.39 is 0 Å². The number of nitrogens with one attached hydrogen (secondary N) is 1. The lowest BCUT2D eigenvalue weighted by Gasteiger charge is -2.13. The van der Waals surface area contributed by atoms with E-state index in [1.807, 2.05) is 19.1 Å². The predicted octanol–water partition coefficient (Wildman–Crippen LogP) is 3.45. The second kappa shape index (κ2) is 7.64. The molecule has 1 heterocycles. The summed E-state index contributed by atoms with van der Waals surface area (Å²) in [7, 11) is 3.19. The number of nitrogens with zero attached hydrogens (tertiary/aromatic N) is 1. The minimum Gasteiger partial charge on any atom is -0.493 e. The summed E-state index contributed by atoms with van der Waals surface area (Å²) in [5.41, 5.74) is 2.07. The molecule has 0 radical (unpaired) electrons. The zero-order chi connectivity index (χ0) is 15.2. The van der Waals surface area contributed by atoms with E-state index in [2.05, 4.69) is 15.7 Å². The molecule has 0 amide bonds. The first-order valence-electron chi connectivity index (χ1n) is 6.66. The SMILES string of the molecule is COc1ccc(CNCCc2nc(C)cs2)c(Cl)c1OC. The van der Waals surface area contributed by atoms with Crippen LogP contribution >= 0.6 is 22.9 Å². The van der Waals surface area contributed by atoms with Gasteiger partial charge in [-0.05, 0) is 18.6 Å². The van der Waals surface area contributed by atoms with Crippen molar-refractivity contribution < 1.29 is 9.47 Å². The molecular weight excluding hydrogens is 308 g/mol. The molecule has 21 heavy (non-hydrogen) atoms. The third kappa shape index (κ3) is 4.09. The molecule has 0 atom stereocenters. The van der Waals surface area contributed by atoms with Crippen LogP contribution in [-0.2, 0) is 13.0 Å². The van der Waals surface area contributed by atoms with Crippen LogP contribution in [0.15, 0.2) is 17.5 Å². The summed E-state index contributed by atoms with van der Waals surface area (Å²) in [5.74, 6) is 1.22. The highest BCUT2D eigenvalue weighted by atomic mass is 35.5. The van der Waals surface area contributed by atoms with Gasteiger partial charge in [-0.1, -0.05) is 17.7 Å². The van der Waals surface area contributed by atoms with Gasteiger partial charge in [0.1, 0.15) is 0 Å². The number of aromatic nitrogens is 1. The van der Waals surface area contributed by atoms with Crippen molar-refractivity contribution >= 4 is 22.9 Å². The van der Waals surface area contributed by atoms with Gasteiger partial charge in [0.15, 0.2) is 11.5 Å². The lowest BCUT2D eigenvalue weighted by molar-refractivity contribution is 0.354. The molecule has 0 saturated heterocycles. The molecule has 1 aromatic carbocycles. The fraction of sp³-hybridized carbons (Fsp3) is 0.400. The summed E-state index contributed by atoms with van der Waals surface area (Å²) in [6.07, 6.45) is 0.920. The molecule has 0 spiro atoms. The van der Waals surface area contributed by atoms with E-state index in [1.165, 1.54) is 0 Å². The number of ether oxygens (including phenoxy) is 2. The first kappa shape index (κ1) is 16.1. The largest absolute Gasteiger partial charge is 0.493 e. The highest BCUT2D eigenvalue weighted by Gasteiger charge is 2.12. The van der Waals surface area contributed by atoms with Gasteiger partial charge in [-0.3, -0.25) is 0 Å². The topological polar surface area (TPSA) is 43.4 Å². The van der Waals surface area contributed by atoms with Gasteiger partial charge >= 0.3 is 0 Å². The van der Waals surface area contributed by atoms with Gasteiger partial charge in [0.2, 0.25) is 0 Å². The maximum absolute atomic E-state index is 6.34. The molecule has 2 rings (SSSR count). The zero-order valence-electron chi connectivity index (χ0n) is 12.4. The van der Waals surface area contributed by atoms with Crippen molar-refractivity contribution in [1.82, 2.24) is 10.3 Å². The Morgan fingerprint density at radius 1 is 1.29 bits per heavy atom. The lowest BCUT2D eigenvalue weighted by Crippen LogP contribution is -2.17. The summed E-state index contributed by atoms with van der Waals surface area (Å²) in [4.78, 5) is 4.44. The van der Waals surface area contributed by atoms with Crippen LogP contribution in [0.2, 0.25) is 5.02 Å². The molecule has 0 bridgehead atoms. The van der Waals surface area contributed by atoms with E-state index in [9.17, 15) is 0 Å². The number of hydrogen-bond acceptors (Lipinski definition) is 5. The normalized spacial score (nSPS) is 10.7. The molecule has 0 fully saturated rings. The van der Waals surface area contributed by atoms with Gasteiger partial charge in [0, 0.05) is 30.6 Å². The number of aryl methyl sites for hydroxylation is 1. The van der Waals surface area contributed by atoms with Crippen LogP contribution in [0.1, 0.15) is 16.3 Å². The molecule has 1 N–H and O–H groups in total. The van der Waals surface area contributed by atoms with Crippen molar-refractivity contribution in [3.05, 3.63) is 38.8 Å². The Labute approximate surface area is 134 Å². The molecule has 114 valence electrons. The Morgan fingerprint density at radius 2 is 2.10 bits per heavy atom. The van der Waals surface area contributed by atoms with Crippen LogP contribution in [0, 0.1) is 6.92 Å². The Morgan fingerprint density at radius 3 is 2.71 bits per heavy atom. The van der Waals surface area contributed by atoms with E-state index in [4.69, 9.17) is 21.1 Å². The van der Waals surface area contributed by atoms with Crippen molar-refractivity contribution in [1.29, 1.82) is 0 Å². The Bertz CT molecular complexity index is 601. The maximum Gasteiger partial charge on any atom is 0.179 e. The minimum atomic E-state index is 0.578. The van der Waals surface area contributed by atoms with E-state index in [1.54, 1.807) is 25.6 Å². The maximum atomic E-state index is 6.34. The zero-order valence-corrected chi connectivity index (χ0v) is 14.0. The number of halogens is 1. The third-order valence-electron chi connectivity index (χ3n) is 3.06. The Hall–Kier alpha value is -1.30. The molecule has 0 aliphatic rings. The van der Waals surface area contributed by atoms with Crippen LogP contribution < -0.4 is 14.8 Å². The molecule has 2 aromatic rings. The molecule has 6 heteroatoms. The molecule has 0 unspecified atom stereocenters. The van der Waals surface area contributed by atoms with Gasteiger partial charge in [0.05, 0.1) is 24.2 Å². The van der Waals surface area contributed by atoms with Crippen molar-refractivity contribution in [2.24, 2.45) is 0 Å². The van der Waals surface area contributed by atoms with Gasteiger partial charge in [0.25, 0.3) is 0 Å². The Balaban J connectivity index is 1.91. The monoisotopic (exact) mass is 326 g/mol. The summed E-state index contributed by atoms with van der Waals surface area (Å²) in [6.45, 7) is 3.55. The summed E-state index contributed by atoms with van der Waals surface area (Å²) in [6, 6.07) is 3.82. The predicted molar refractivity (Wildman–Crippen MR) is 86.8 cm³/mol. The molecule has 1 aromatic heterocycles. The van der Waals surface area contributed by atoms with Crippen LogP contribution in [-0.4, -0.2) is 25.7 Å². The smallest absolute Gasteiger partial charge is 0.179 e. The first-order chi connectivity index (χ1) is 10.2. The number of methoxy groups -OCH3 is 2. The Kier molecular flexibility index (Phi) is 5.85. The van der Waals surface area contributed by atoms with Gasteiger partial charge in [-0.2, -0.15) is 0 Å². The highest BCUT2D eigenvalue weighted by Crippen LogP contribution is 2.37.